The molecule has 0 heterocycles. The Morgan fingerprint density at radius 3 is 2.67 bits per heavy atom. The molecule has 0 atom stereocenters. The lowest BCUT2D eigenvalue weighted by Crippen LogP contribution is -2.00. The zero-order valence-corrected chi connectivity index (χ0v) is 7.54. The van der Waals surface area contributed by atoms with Crippen molar-refractivity contribution < 1.29 is 9.53 Å². The fourth-order valence-electron chi connectivity index (χ4n) is 0.608. The highest BCUT2D eigenvalue weighted by atomic mass is 16.5. The normalized spacial score (nSPS) is 11.7. The molecule has 0 saturated heterocycles. The number of esters is 1. The predicted molar refractivity (Wildman–Crippen MR) is 49.5 cm³/mol. The van der Waals surface area contributed by atoms with Gasteiger partial charge in [-0.05, 0) is 19.1 Å². The lowest BCUT2D eigenvalue weighted by Gasteiger charge is -2.01. The standard InChI is InChI=1S/C10H14O2/c1-4-7-9(8-5-2)12-10(11)6-3/h4-5,7-8H,1,6H2,2-3H3/b8-5-,9-7+. The minimum absolute atomic E-state index is 0.235. The molecule has 0 bridgehead atoms. The third kappa shape index (κ3) is 4.50. The molecule has 2 nitrogen and oxygen atoms in total. The Balaban J connectivity index is 4.23. The molecule has 2 heteroatoms. The Kier molecular flexibility index (Phi) is 5.70. The van der Waals surface area contributed by atoms with Gasteiger partial charge in [-0.15, -0.1) is 0 Å². The lowest BCUT2D eigenvalue weighted by molar-refractivity contribution is -0.138. The molecule has 12 heavy (non-hydrogen) atoms. The van der Waals surface area contributed by atoms with Crippen molar-refractivity contribution >= 4 is 5.97 Å². The number of carbonyl (C=O) groups excluding carboxylic acids is 1. The van der Waals surface area contributed by atoms with Crippen molar-refractivity contribution in [2.24, 2.45) is 0 Å². The molecule has 0 aromatic carbocycles. The van der Waals surface area contributed by atoms with Gasteiger partial charge in [0.15, 0.2) is 0 Å². The van der Waals surface area contributed by atoms with E-state index >= 15 is 0 Å². The summed E-state index contributed by atoms with van der Waals surface area (Å²) in [6.45, 7) is 7.13. The highest BCUT2D eigenvalue weighted by Crippen LogP contribution is 2.01. The number of ether oxygens (including phenoxy) is 1. The molecular weight excluding hydrogens is 152 g/mol. The van der Waals surface area contributed by atoms with Gasteiger partial charge in [0.25, 0.3) is 0 Å². The molecule has 0 aliphatic heterocycles. The van der Waals surface area contributed by atoms with Crippen molar-refractivity contribution in [2.45, 2.75) is 20.3 Å². The van der Waals surface area contributed by atoms with Crippen LogP contribution in [0.5, 0.6) is 0 Å². The second-order valence-corrected chi connectivity index (χ2v) is 2.13. The first-order valence-corrected chi connectivity index (χ1v) is 3.90. The quantitative estimate of drug-likeness (QED) is 0.364. The van der Waals surface area contributed by atoms with Crippen molar-refractivity contribution in [1.29, 1.82) is 0 Å². The summed E-state index contributed by atoms with van der Waals surface area (Å²) in [5, 5.41) is 0. The van der Waals surface area contributed by atoms with Gasteiger partial charge < -0.3 is 4.74 Å². The fraction of sp³-hybridized carbons (Fsp3) is 0.300. The van der Waals surface area contributed by atoms with E-state index in [2.05, 4.69) is 6.58 Å². The second-order valence-electron chi connectivity index (χ2n) is 2.13. The van der Waals surface area contributed by atoms with Crippen molar-refractivity contribution in [2.75, 3.05) is 0 Å². The van der Waals surface area contributed by atoms with Gasteiger partial charge in [-0.25, -0.2) is 0 Å². The number of allylic oxidation sites excluding steroid dienone is 4. The number of hydrogen-bond acceptors (Lipinski definition) is 2. The van der Waals surface area contributed by atoms with Gasteiger partial charge in [0.2, 0.25) is 0 Å². The molecule has 0 N–H and O–H groups in total. The molecule has 0 aromatic rings. The maximum Gasteiger partial charge on any atom is 0.310 e. The molecule has 0 fully saturated rings. The SMILES string of the molecule is C=C/C=C(\C=C/C)OC(=O)CC. The Morgan fingerprint density at radius 2 is 2.25 bits per heavy atom. The first kappa shape index (κ1) is 10.7. The number of hydrogen-bond donors (Lipinski definition) is 0. The van der Waals surface area contributed by atoms with Crippen LogP contribution in [0.2, 0.25) is 0 Å². The summed E-state index contributed by atoms with van der Waals surface area (Å²) in [5.41, 5.74) is 0. The molecule has 0 saturated carbocycles. The van der Waals surface area contributed by atoms with Crippen LogP contribution in [0.25, 0.3) is 0 Å². The van der Waals surface area contributed by atoms with E-state index in [9.17, 15) is 4.79 Å². The smallest absolute Gasteiger partial charge is 0.310 e. The Morgan fingerprint density at radius 1 is 1.58 bits per heavy atom. The lowest BCUT2D eigenvalue weighted by atomic mass is 10.4. The zero-order chi connectivity index (χ0) is 9.40. The number of rotatable bonds is 4. The summed E-state index contributed by atoms with van der Waals surface area (Å²) in [6.07, 6.45) is 7.13. The molecule has 0 radical (unpaired) electrons. The van der Waals surface area contributed by atoms with E-state index in [1.165, 1.54) is 0 Å². The molecule has 0 amide bonds. The van der Waals surface area contributed by atoms with Crippen molar-refractivity contribution in [3.8, 4) is 0 Å². The van der Waals surface area contributed by atoms with Crippen LogP contribution in [0.4, 0.5) is 0 Å². The molecular formula is C10H14O2. The van der Waals surface area contributed by atoms with Crippen LogP contribution in [0.15, 0.2) is 36.6 Å². The van der Waals surface area contributed by atoms with Crippen LogP contribution >= 0.6 is 0 Å². The first-order valence-electron chi connectivity index (χ1n) is 3.90. The van der Waals surface area contributed by atoms with Gasteiger partial charge in [0.05, 0.1) is 0 Å². The fourth-order valence-corrected chi connectivity index (χ4v) is 0.608. The zero-order valence-electron chi connectivity index (χ0n) is 7.54. The highest BCUT2D eigenvalue weighted by molar-refractivity contribution is 5.70. The van der Waals surface area contributed by atoms with E-state index in [0.717, 1.165) is 0 Å². The van der Waals surface area contributed by atoms with Gasteiger partial charge in [-0.1, -0.05) is 25.7 Å². The van der Waals surface area contributed by atoms with Crippen LogP contribution in [0.3, 0.4) is 0 Å². The van der Waals surface area contributed by atoms with Gasteiger partial charge in [-0.3, -0.25) is 4.79 Å². The van der Waals surface area contributed by atoms with E-state index < -0.39 is 0 Å². The molecule has 66 valence electrons. The predicted octanol–water partition coefficient (Wildman–Crippen LogP) is 2.59. The van der Waals surface area contributed by atoms with E-state index in [4.69, 9.17) is 4.74 Å². The summed E-state index contributed by atoms with van der Waals surface area (Å²) < 4.78 is 4.94. The van der Waals surface area contributed by atoms with Crippen molar-refractivity contribution in [3.63, 3.8) is 0 Å². The van der Waals surface area contributed by atoms with Crippen LogP contribution in [0, 0.1) is 0 Å². The molecule has 0 spiro atoms. The molecule has 0 unspecified atom stereocenters. The minimum Gasteiger partial charge on any atom is -0.427 e. The van der Waals surface area contributed by atoms with Crippen LogP contribution in [-0.4, -0.2) is 5.97 Å². The third-order valence-electron chi connectivity index (χ3n) is 1.13. The van der Waals surface area contributed by atoms with E-state index in [0.29, 0.717) is 12.2 Å². The van der Waals surface area contributed by atoms with Crippen molar-refractivity contribution in [3.05, 3.63) is 36.6 Å². The highest BCUT2D eigenvalue weighted by Gasteiger charge is 1.99. The summed E-state index contributed by atoms with van der Waals surface area (Å²) in [6, 6.07) is 0. The maximum atomic E-state index is 10.8. The monoisotopic (exact) mass is 166 g/mol. The summed E-state index contributed by atoms with van der Waals surface area (Å²) >= 11 is 0. The Hall–Kier alpha value is -1.31. The Labute approximate surface area is 73.2 Å². The van der Waals surface area contributed by atoms with E-state index in [-0.39, 0.29) is 5.97 Å². The molecule has 0 aromatic heterocycles. The average Bonchev–Trinajstić information content (AvgIpc) is 2.05. The number of carbonyl (C=O) groups is 1. The minimum atomic E-state index is -0.235. The Bertz CT molecular complexity index is 212. The van der Waals surface area contributed by atoms with Gasteiger partial charge >= 0.3 is 5.97 Å². The molecule has 0 aliphatic rings. The third-order valence-corrected chi connectivity index (χ3v) is 1.13. The summed E-state index contributed by atoms with van der Waals surface area (Å²) in [5.74, 6) is 0.292. The van der Waals surface area contributed by atoms with Gasteiger partial charge in [0.1, 0.15) is 5.76 Å². The average molecular weight is 166 g/mol. The van der Waals surface area contributed by atoms with Gasteiger partial charge in [0, 0.05) is 6.42 Å². The largest absolute Gasteiger partial charge is 0.427 e. The first-order chi connectivity index (χ1) is 5.74. The molecule has 0 rings (SSSR count). The maximum absolute atomic E-state index is 10.8. The van der Waals surface area contributed by atoms with E-state index in [1.54, 1.807) is 31.2 Å². The van der Waals surface area contributed by atoms with Crippen LogP contribution in [-0.2, 0) is 9.53 Å². The summed E-state index contributed by atoms with van der Waals surface area (Å²) in [4.78, 5) is 10.8. The topological polar surface area (TPSA) is 26.3 Å². The second kappa shape index (κ2) is 6.40. The van der Waals surface area contributed by atoms with Crippen molar-refractivity contribution in [1.82, 2.24) is 0 Å². The van der Waals surface area contributed by atoms with E-state index in [1.807, 2.05) is 6.92 Å². The van der Waals surface area contributed by atoms with Gasteiger partial charge in [-0.2, -0.15) is 0 Å². The van der Waals surface area contributed by atoms with Crippen LogP contribution in [0.1, 0.15) is 20.3 Å². The van der Waals surface area contributed by atoms with Crippen LogP contribution < -0.4 is 0 Å². The summed E-state index contributed by atoms with van der Waals surface area (Å²) in [7, 11) is 0. The molecule has 0 aliphatic carbocycles.